The molecule has 21 heavy (non-hydrogen) atoms. The van der Waals surface area contributed by atoms with Crippen molar-refractivity contribution in [3.05, 3.63) is 12.2 Å². The molecule has 0 aromatic heterocycles. The molecule has 1 atom stereocenters. The Labute approximate surface area is 125 Å². The summed E-state index contributed by atoms with van der Waals surface area (Å²) in [7, 11) is 0. The maximum Gasteiger partial charge on any atom is 0.303 e. The highest BCUT2D eigenvalue weighted by molar-refractivity contribution is 5.87. The van der Waals surface area contributed by atoms with E-state index in [2.05, 4.69) is 0 Å². The molecule has 0 spiro atoms. The highest BCUT2D eigenvalue weighted by Gasteiger charge is 2.15. The summed E-state index contributed by atoms with van der Waals surface area (Å²) < 4.78 is 9.90. The zero-order valence-corrected chi connectivity index (χ0v) is 12.7. The fourth-order valence-electron chi connectivity index (χ4n) is 2.14. The lowest BCUT2D eigenvalue weighted by Gasteiger charge is -2.25. The largest absolute Gasteiger partial charge is 0.466 e. The number of esters is 2. The van der Waals surface area contributed by atoms with Crippen LogP contribution in [-0.4, -0.2) is 48.5 Å². The molecular weight excluding hydrogens is 274 g/mol. The standard InChI is InChI=1S/C15H23NO5/c1-12(17)20-11-8-14(21-13(2)18)6-7-15(19)16-9-4-3-5-10-16/h6-7,14H,3-5,8-11H2,1-2H3/b7-6+. The first-order chi connectivity index (χ1) is 9.99. The molecule has 1 amide bonds. The van der Waals surface area contributed by atoms with Gasteiger partial charge in [-0.1, -0.05) is 0 Å². The molecule has 6 heteroatoms. The molecule has 1 aliphatic rings. The molecule has 0 aromatic carbocycles. The normalized spacial score (nSPS) is 16.6. The van der Waals surface area contributed by atoms with E-state index in [1.807, 2.05) is 0 Å². The molecule has 1 heterocycles. The SMILES string of the molecule is CC(=O)OCCC(/C=C/C(=O)N1CCCCC1)OC(C)=O. The van der Waals surface area contributed by atoms with Crippen LogP contribution in [0, 0.1) is 0 Å². The lowest BCUT2D eigenvalue weighted by atomic mass is 10.1. The number of hydrogen-bond donors (Lipinski definition) is 0. The topological polar surface area (TPSA) is 72.9 Å². The van der Waals surface area contributed by atoms with E-state index in [1.165, 1.54) is 19.9 Å². The van der Waals surface area contributed by atoms with Crippen molar-refractivity contribution in [1.29, 1.82) is 0 Å². The second-order valence-corrected chi connectivity index (χ2v) is 5.02. The quantitative estimate of drug-likeness (QED) is 0.548. The smallest absolute Gasteiger partial charge is 0.303 e. The van der Waals surface area contributed by atoms with E-state index >= 15 is 0 Å². The van der Waals surface area contributed by atoms with Gasteiger partial charge in [-0.15, -0.1) is 0 Å². The third-order valence-electron chi connectivity index (χ3n) is 3.15. The summed E-state index contributed by atoms with van der Waals surface area (Å²) in [5, 5.41) is 0. The number of amides is 1. The Morgan fingerprint density at radius 3 is 2.33 bits per heavy atom. The van der Waals surface area contributed by atoms with Crippen LogP contribution in [0.15, 0.2) is 12.2 Å². The Balaban J connectivity index is 2.48. The predicted octanol–water partition coefficient (Wildman–Crippen LogP) is 1.44. The van der Waals surface area contributed by atoms with Gasteiger partial charge < -0.3 is 14.4 Å². The molecule has 1 aliphatic heterocycles. The van der Waals surface area contributed by atoms with Crippen molar-refractivity contribution in [2.45, 2.75) is 45.6 Å². The molecule has 0 N–H and O–H groups in total. The van der Waals surface area contributed by atoms with Gasteiger partial charge in [-0.05, 0) is 25.3 Å². The van der Waals surface area contributed by atoms with Crippen molar-refractivity contribution >= 4 is 17.8 Å². The molecule has 0 bridgehead atoms. The molecule has 0 aliphatic carbocycles. The third-order valence-corrected chi connectivity index (χ3v) is 3.15. The van der Waals surface area contributed by atoms with Gasteiger partial charge >= 0.3 is 11.9 Å². The molecule has 0 radical (unpaired) electrons. The minimum absolute atomic E-state index is 0.0701. The van der Waals surface area contributed by atoms with Gasteiger partial charge in [-0.25, -0.2) is 0 Å². The number of rotatable bonds is 6. The average molecular weight is 297 g/mol. The van der Waals surface area contributed by atoms with Gasteiger partial charge in [0.2, 0.25) is 5.91 Å². The first-order valence-electron chi connectivity index (χ1n) is 7.26. The summed E-state index contributed by atoms with van der Waals surface area (Å²) in [6.07, 6.45) is 5.98. The van der Waals surface area contributed by atoms with Crippen molar-refractivity contribution in [3.63, 3.8) is 0 Å². The van der Waals surface area contributed by atoms with Crippen LogP contribution in [0.1, 0.15) is 39.5 Å². The number of likely N-dealkylation sites (tertiary alicyclic amines) is 1. The van der Waals surface area contributed by atoms with Gasteiger partial charge in [-0.2, -0.15) is 0 Å². The molecule has 118 valence electrons. The third kappa shape index (κ3) is 7.48. The van der Waals surface area contributed by atoms with Crippen LogP contribution in [0.2, 0.25) is 0 Å². The summed E-state index contributed by atoms with van der Waals surface area (Å²) in [5.41, 5.74) is 0. The van der Waals surface area contributed by atoms with Gasteiger partial charge in [0.05, 0.1) is 6.61 Å². The minimum Gasteiger partial charge on any atom is -0.466 e. The van der Waals surface area contributed by atoms with Crippen LogP contribution in [-0.2, 0) is 23.9 Å². The molecule has 0 saturated carbocycles. The summed E-state index contributed by atoms with van der Waals surface area (Å²) >= 11 is 0. The zero-order valence-electron chi connectivity index (χ0n) is 12.7. The summed E-state index contributed by atoms with van der Waals surface area (Å²) in [6.45, 7) is 4.31. The zero-order chi connectivity index (χ0) is 15.7. The number of nitrogens with zero attached hydrogens (tertiary/aromatic N) is 1. The number of hydrogen-bond acceptors (Lipinski definition) is 5. The number of carbonyl (C=O) groups excluding carboxylic acids is 3. The average Bonchev–Trinajstić information content (AvgIpc) is 2.44. The Bertz CT molecular complexity index is 399. The minimum atomic E-state index is -0.560. The molecular formula is C15H23NO5. The van der Waals surface area contributed by atoms with Crippen LogP contribution in [0.25, 0.3) is 0 Å². The lowest BCUT2D eigenvalue weighted by molar-refractivity contribution is -0.146. The first-order valence-corrected chi connectivity index (χ1v) is 7.26. The molecule has 6 nitrogen and oxygen atoms in total. The molecule has 1 unspecified atom stereocenters. The van der Waals surface area contributed by atoms with Gasteiger partial charge in [0.15, 0.2) is 0 Å². The van der Waals surface area contributed by atoms with Crippen molar-refractivity contribution < 1.29 is 23.9 Å². The van der Waals surface area contributed by atoms with Gasteiger partial charge in [0.1, 0.15) is 6.10 Å². The van der Waals surface area contributed by atoms with Crippen LogP contribution in [0.3, 0.4) is 0 Å². The predicted molar refractivity (Wildman–Crippen MR) is 76.4 cm³/mol. The maximum atomic E-state index is 12.0. The van der Waals surface area contributed by atoms with Crippen molar-refractivity contribution in [2.24, 2.45) is 0 Å². The van der Waals surface area contributed by atoms with Crippen molar-refractivity contribution in [1.82, 2.24) is 4.90 Å². The van der Waals surface area contributed by atoms with E-state index < -0.39 is 12.1 Å². The lowest BCUT2D eigenvalue weighted by Crippen LogP contribution is -2.34. The van der Waals surface area contributed by atoms with Gasteiger partial charge in [-0.3, -0.25) is 14.4 Å². The van der Waals surface area contributed by atoms with Gasteiger partial charge in [0, 0.05) is 39.4 Å². The van der Waals surface area contributed by atoms with E-state index in [-0.39, 0.29) is 18.5 Å². The van der Waals surface area contributed by atoms with Crippen LogP contribution in [0.4, 0.5) is 0 Å². The van der Waals surface area contributed by atoms with Gasteiger partial charge in [0.25, 0.3) is 0 Å². The fourth-order valence-corrected chi connectivity index (χ4v) is 2.14. The molecule has 1 rings (SSSR count). The molecule has 0 aromatic rings. The number of piperidine rings is 1. The molecule has 1 fully saturated rings. The first kappa shape index (κ1) is 17.2. The summed E-state index contributed by atoms with van der Waals surface area (Å²) in [4.78, 5) is 35.5. The number of carbonyl (C=O) groups is 3. The second-order valence-electron chi connectivity index (χ2n) is 5.02. The summed E-state index contributed by atoms with van der Waals surface area (Å²) in [6, 6.07) is 0. The van der Waals surface area contributed by atoms with Crippen molar-refractivity contribution in [2.75, 3.05) is 19.7 Å². The highest BCUT2D eigenvalue weighted by Crippen LogP contribution is 2.10. The fraction of sp³-hybridized carbons (Fsp3) is 0.667. The van der Waals surface area contributed by atoms with Crippen molar-refractivity contribution in [3.8, 4) is 0 Å². The Morgan fingerprint density at radius 2 is 1.76 bits per heavy atom. The Hall–Kier alpha value is -1.85. The monoisotopic (exact) mass is 297 g/mol. The van der Waals surface area contributed by atoms with Crippen LogP contribution in [0.5, 0.6) is 0 Å². The second kappa shape index (κ2) is 9.15. The highest BCUT2D eigenvalue weighted by atomic mass is 16.6. The Morgan fingerprint density at radius 1 is 1.10 bits per heavy atom. The maximum absolute atomic E-state index is 12.0. The number of ether oxygens (including phenoxy) is 2. The van der Waals surface area contributed by atoms with E-state index in [0.717, 1.165) is 32.4 Å². The van der Waals surface area contributed by atoms with E-state index in [4.69, 9.17) is 9.47 Å². The Kier molecular flexibility index (Phi) is 7.50. The van der Waals surface area contributed by atoms with E-state index in [0.29, 0.717) is 6.42 Å². The summed E-state index contributed by atoms with van der Waals surface area (Å²) in [5.74, 6) is -0.887. The van der Waals surface area contributed by atoms with E-state index in [1.54, 1.807) is 11.0 Å². The van der Waals surface area contributed by atoms with Crippen LogP contribution >= 0.6 is 0 Å². The van der Waals surface area contributed by atoms with E-state index in [9.17, 15) is 14.4 Å². The molecule has 1 saturated heterocycles. The van der Waals surface area contributed by atoms with Crippen LogP contribution < -0.4 is 0 Å².